The van der Waals surface area contributed by atoms with Gasteiger partial charge in [-0.25, -0.2) is 18.7 Å². The number of fused-ring (bicyclic) bond motifs is 1. The van der Waals surface area contributed by atoms with Gasteiger partial charge in [0.25, 0.3) is 0 Å². The highest BCUT2D eigenvalue weighted by Gasteiger charge is 2.14. The normalized spacial score (nSPS) is 18.9. The maximum atomic E-state index is 13.3. The molecule has 1 aliphatic heterocycles. The molecule has 1 aromatic heterocycles. The van der Waals surface area contributed by atoms with Crippen molar-refractivity contribution in [3.05, 3.63) is 29.5 Å². The zero-order chi connectivity index (χ0) is 14.8. The molecule has 0 saturated carbocycles. The Hall–Kier alpha value is -1.82. The zero-order valence-corrected chi connectivity index (χ0v) is 11.9. The lowest BCUT2D eigenvalue weighted by Crippen LogP contribution is -2.39. The van der Waals surface area contributed by atoms with Crippen LogP contribution in [0.5, 0.6) is 0 Å². The Morgan fingerprint density at radius 1 is 1.19 bits per heavy atom. The van der Waals surface area contributed by atoms with Gasteiger partial charge in [0.05, 0.1) is 16.7 Å². The highest BCUT2D eigenvalue weighted by molar-refractivity contribution is 5.76. The third-order valence-electron chi connectivity index (χ3n) is 3.81. The van der Waals surface area contributed by atoms with E-state index in [1.807, 2.05) is 6.92 Å². The average Bonchev–Trinajstić information content (AvgIpc) is 2.48. The van der Waals surface area contributed by atoms with Gasteiger partial charge in [-0.15, -0.1) is 0 Å². The molecule has 0 bridgehead atoms. The summed E-state index contributed by atoms with van der Waals surface area (Å²) in [5.41, 5.74) is 1.41. The van der Waals surface area contributed by atoms with Gasteiger partial charge in [0.2, 0.25) is 0 Å². The molecule has 1 aliphatic rings. The number of rotatable bonds is 3. The molecule has 0 amide bonds. The predicted molar refractivity (Wildman–Crippen MR) is 78.3 cm³/mol. The topological polar surface area (TPSA) is 49.8 Å². The SMILES string of the molecule is Cc1nc2cc(F)c(F)cc2nc1NCC1CCCCN1. The number of nitrogens with one attached hydrogen (secondary N) is 2. The maximum absolute atomic E-state index is 13.3. The fraction of sp³-hybridized carbons (Fsp3) is 0.467. The first-order valence-electron chi connectivity index (χ1n) is 7.24. The highest BCUT2D eigenvalue weighted by Crippen LogP contribution is 2.19. The largest absolute Gasteiger partial charge is 0.367 e. The van der Waals surface area contributed by atoms with Crippen LogP contribution in [0.25, 0.3) is 11.0 Å². The summed E-state index contributed by atoms with van der Waals surface area (Å²) in [5.74, 6) is -1.18. The molecular formula is C15H18F2N4. The number of hydrogen-bond acceptors (Lipinski definition) is 4. The van der Waals surface area contributed by atoms with E-state index < -0.39 is 11.6 Å². The number of benzene rings is 1. The van der Waals surface area contributed by atoms with Crippen molar-refractivity contribution < 1.29 is 8.78 Å². The van der Waals surface area contributed by atoms with Gasteiger partial charge in [0.15, 0.2) is 11.6 Å². The number of halogens is 2. The van der Waals surface area contributed by atoms with E-state index >= 15 is 0 Å². The molecule has 1 unspecified atom stereocenters. The number of aromatic nitrogens is 2. The molecule has 0 radical (unpaired) electrons. The van der Waals surface area contributed by atoms with Gasteiger partial charge < -0.3 is 10.6 Å². The first-order chi connectivity index (χ1) is 10.1. The van der Waals surface area contributed by atoms with Crippen LogP contribution in [0.2, 0.25) is 0 Å². The van der Waals surface area contributed by atoms with Gasteiger partial charge >= 0.3 is 0 Å². The van der Waals surface area contributed by atoms with E-state index in [4.69, 9.17) is 0 Å². The molecule has 2 heterocycles. The standard InChI is InChI=1S/C15H18F2N4/c1-9-15(19-8-10-4-2-3-5-18-10)21-14-7-12(17)11(16)6-13(14)20-9/h6-7,10,18H,2-5,8H2,1H3,(H,19,21). The molecule has 112 valence electrons. The van der Waals surface area contributed by atoms with E-state index in [9.17, 15) is 8.78 Å². The molecule has 21 heavy (non-hydrogen) atoms. The Kier molecular flexibility index (Phi) is 3.96. The predicted octanol–water partition coefficient (Wildman–Crippen LogP) is 2.77. The third-order valence-corrected chi connectivity index (χ3v) is 3.81. The summed E-state index contributed by atoms with van der Waals surface area (Å²) in [6.07, 6.45) is 3.58. The van der Waals surface area contributed by atoms with Crippen LogP contribution < -0.4 is 10.6 Å². The Balaban J connectivity index is 1.81. The minimum Gasteiger partial charge on any atom is -0.367 e. The Bertz CT molecular complexity index is 654. The molecular weight excluding hydrogens is 274 g/mol. The molecule has 1 aromatic carbocycles. The Morgan fingerprint density at radius 2 is 1.90 bits per heavy atom. The number of aryl methyl sites for hydroxylation is 1. The van der Waals surface area contributed by atoms with Crippen LogP contribution in [-0.2, 0) is 0 Å². The summed E-state index contributed by atoms with van der Waals surface area (Å²) >= 11 is 0. The maximum Gasteiger partial charge on any atom is 0.161 e. The summed E-state index contributed by atoms with van der Waals surface area (Å²) in [5, 5.41) is 6.70. The van der Waals surface area contributed by atoms with E-state index in [0.29, 0.717) is 28.6 Å². The van der Waals surface area contributed by atoms with Gasteiger partial charge in [0.1, 0.15) is 5.82 Å². The molecule has 4 nitrogen and oxygen atoms in total. The van der Waals surface area contributed by atoms with E-state index in [0.717, 1.165) is 31.6 Å². The lowest BCUT2D eigenvalue weighted by molar-refractivity contribution is 0.414. The fourth-order valence-electron chi connectivity index (χ4n) is 2.63. The minimum absolute atomic E-state index is 0.360. The molecule has 1 atom stereocenters. The molecule has 6 heteroatoms. The summed E-state index contributed by atoms with van der Waals surface area (Å²) < 4.78 is 26.5. The van der Waals surface area contributed by atoms with Crippen molar-refractivity contribution in [2.75, 3.05) is 18.4 Å². The number of hydrogen-bond donors (Lipinski definition) is 2. The molecule has 0 spiro atoms. The number of piperidine rings is 1. The highest BCUT2D eigenvalue weighted by atomic mass is 19.2. The van der Waals surface area contributed by atoms with Crippen molar-refractivity contribution in [3.63, 3.8) is 0 Å². The quantitative estimate of drug-likeness (QED) is 0.913. The summed E-state index contributed by atoms with van der Waals surface area (Å²) in [7, 11) is 0. The van der Waals surface area contributed by atoms with Gasteiger partial charge in [0, 0.05) is 24.7 Å². The van der Waals surface area contributed by atoms with Gasteiger partial charge in [-0.3, -0.25) is 0 Å². The molecule has 2 N–H and O–H groups in total. The van der Waals surface area contributed by atoms with E-state index in [1.165, 1.54) is 12.8 Å². The Morgan fingerprint density at radius 3 is 2.57 bits per heavy atom. The van der Waals surface area contributed by atoms with Crippen molar-refractivity contribution in [1.82, 2.24) is 15.3 Å². The van der Waals surface area contributed by atoms with E-state index in [-0.39, 0.29) is 0 Å². The summed E-state index contributed by atoms with van der Waals surface area (Å²) in [6.45, 7) is 3.61. The van der Waals surface area contributed by atoms with Crippen LogP contribution in [0.1, 0.15) is 25.0 Å². The molecule has 1 fully saturated rings. The fourth-order valence-corrected chi connectivity index (χ4v) is 2.63. The van der Waals surface area contributed by atoms with Crippen LogP contribution in [0.4, 0.5) is 14.6 Å². The minimum atomic E-state index is -0.902. The average molecular weight is 292 g/mol. The second-order valence-electron chi connectivity index (χ2n) is 5.44. The number of nitrogens with zero attached hydrogens (tertiary/aromatic N) is 2. The molecule has 1 saturated heterocycles. The van der Waals surface area contributed by atoms with Crippen molar-refractivity contribution in [1.29, 1.82) is 0 Å². The molecule has 2 aromatic rings. The lowest BCUT2D eigenvalue weighted by Gasteiger charge is -2.24. The van der Waals surface area contributed by atoms with Gasteiger partial charge in [-0.1, -0.05) is 6.42 Å². The van der Waals surface area contributed by atoms with Crippen molar-refractivity contribution in [2.45, 2.75) is 32.2 Å². The summed E-state index contributed by atoms with van der Waals surface area (Å²) in [4.78, 5) is 8.64. The molecule has 3 rings (SSSR count). The third kappa shape index (κ3) is 3.10. The van der Waals surface area contributed by atoms with Crippen LogP contribution in [0.3, 0.4) is 0 Å². The Labute approximate surface area is 122 Å². The molecule has 0 aliphatic carbocycles. The van der Waals surface area contributed by atoms with Crippen LogP contribution >= 0.6 is 0 Å². The van der Waals surface area contributed by atoms with Crippen LogP contribution in [0.15, 0.2) is 12.1 Å². The first-order valence-corrected chi connectivity index (χ1v) is 7.24. The monoisotopic (exact) mass is 292 g/mol. The van der Waals surface area contributed by atoms with Gasteiger partial charge in [-0.05, 0) is 26.3 Å². The second-order valence-corrected chi connectivity index (χ2v) is 5.44. The van der Waals surface area contributed by atoms with Crippen LogP contribution in [0, 0.1) is 18.6 Å². The zero-order valence-electron chi connectivity index (χ0n) is 11.9. The lowest BCUT2D eigenvalue weighted by atomic mass is 10.1. The number of anilines is 1. The summed E-state index contributed by atoms with van der Waals surface area (Å²) in [6, 6.07) is 2.58. The smallest absolute Gasteiger partial charge is 0.161 e. The first kappa shape index (κ1) is 14.1. The van der Waals surface area contributed by atoms with E-state index in [2.05, 4.69) is 20.6 Å². The van der Waals surface area contributed by atoms with Gasteiger partial charge in [-0.2, -0.15) is 0 Å². The van der Waals surface area contributed by atoms with Crippen molar-refractivity contribution in [3.8, 4) is 0 Å². The second kappa shape index (κ2) is 5.89. The van der Waals surface area contributed by atoms with Crippen molar-refractivity contribution in [2.24, 2.45) is 0 Å². The van der Waals surface area contributed by atoms with Crippen LogP contribution in [-0.4, -0.2) is 29.1 Å². The van der Waals surface area contributed by atoms with E-state index in [1.54, 1.807) is 0 Å². The van der Waals surface area contributed by atoms with Crippen molar-refractivity contribution >= 4 is 16.9 Å².